The summed E-state index contributed by atoms with van der Waals surface area (Å²) in [4.78, 5) is 0. The zero-order chi connectivity index (χ0) is 11.9. The maximum Gasteiger partial charge on any atom is 0.0774 e. The van der Waals surface area contributed by atoms with Gasteiger partial charge < -0.3 is 10.4 Å². The van der Waals surface area contributed by atoms with Crippen LogP contribution in [0.2, 0.25) is 0 Å². The van der Waals surface area contributed by atoms with Crippen LogP contribution < -0.4 is 5.32 Å². The summed E-state index contributed by atoms with van der Waals surface area (Å²) in [6.07, 6.45) is 6.89. The predicted octanol–water partition coefficient (Wildman–Crippen LogP) is 2.21. The van der Waals surface area contributed by atoms with Crippen molar-refractivity contribution in [3.05, 3.63) is 0 Å². The molecule has 3 nitrogen and oxygen atoms in total. The number of hydrogen-bond donors (Lipinski definition) is 2. The van der Waals surface area contributed by atoms with E-state index in [0.29, 0.717) is 18.9 Å². The van der Waals surface area contributed by atoms with Crippen molar-refractivity contribution in [2.75, 3.05) is 13.1 Å². The lowest BCUT2D eigenvalue weighted by molar-refractivity contribution is -0.0115. The first-order valence-corrected chi connectivity index (χ1v) is 6.46. The van der Waals surface area contributed by atoms with Crippen molar-refractivity contribution in [3.63, 3.8) is 0 Å². The molecule has 2 unspecified atom stereocenters. The Morgan fingerprint density at radius 1 is 1.50 bits per heavy atom. The Morgan fingerprint density at radius 3 is 3.00 bits per heavy atom. The molecular formula is C13H24N2O. The van der Waals surface area contributed by atoms with E-state index in [0.717, 1.165) is 38.6 Å². The van der Waals surface area contributed by atoms with Crippen molar-refractivity contribution in [3.8, 4) is 6.07 Å². The van der Waals surface area contributed by atoms with Gasteiger partial charge in [0, 0.05) is 13.0 Å². The molecule has 2 atom stereocenters. The van der Waals surface area contributed by atoms with Gasteiger partial charge in [0.25, 0.3) is 0 Å². The summed E-state index contributed by atoms with van der Waals surface area (Å²) >= 11 is 0. The largest absolute Gasteiger partial charge is 0.389 e. The summed E-state index contributed by atoms with van der Waals surface area (Å²) in [6.45, 7) is 3.85. The van der Waals surface area contributed by atoms with Crippen LogP contribution in [0.15, 0.2) is 0 Å². The van der Waals surface area contributed by atoms with Crippen LogP contribution in [0.4, 0.5) is 0 Å². The molecule has 0 aromatic heterocycles. The first-order valence-electron chi connectivity index (χ1n) is 6.46. The summed E-state index contributed by atoms with van der Waals surface area (Å²) in [7, 11) is 0. The van der Waals surface area contributed by atoms with Crippen molar-refractivity contribution in [2.45, 2.75) is 57.5 Å². The molecule has 0 amide bonds. The first-order chi connectivity index (χ1) is 7.66. The SMILES string of the molecule is CC1CCCC(O)(CNCCCCC#N)C1. The van der Waals surface area contributed by atoms with Crippen LogP contribution in [0.5, 0.6) is 0 Å². The summed E-state index contributed by atoms with van der Waals surface area (Å²) in [6, 6.07) is 2.14. The molecular weight excluding hydrogens is 200 g/mol. The molecule has 1 rings (SSSR count). The molecule has 16 heavy (non-hydrogen) atoms. The van der Waals surface area contributed by atoms with E-state index < -0.39 is 5.60 Å². The van der Waals surface area contributed by atoms with Crippen molar-refractivity contribution >= 4 is 0 Å². The maximum atomic E-state index is 10.3. The van der Waals surface area contributed by atoms with Gasteiger partial charge in [0.05, 0.1) is 11.7 Å². The number of aliphatic hydroxyl groups is 1. The first kappa shape index (κ1) is 13.5. The molecule has 1 aliphatic carbocycles. The van der Waals surface area contributed by atoms with E-state index in [-0.39, 0.29) is 0 Å². The molecule has 92 valence electrons. The van der Waals surface area contributed by atoms with Gasteiger partial charge in [-0.1, -0.05) is 19.8 Å². The zero-order valence-electron chi connectivity index (χ0n) is 10.3. The molecule has 3 heteroatoms. The molecule has 0 radical (unpaired) electrons. The minimum Gasteiger partial charge on any atom is -0.389 e. The highest BCUT2D eigenvalue weighted by molar-refractivity contribution is 4.86. The second-order valence-corrected chi connectivity index (χ2v) is 5.22. The van der Waals surface area contributed by atoms with Crippen molar-refractivity contribution in [2.24, 2.45) is 5.92 Å². The predicted molar refractivity (Wildman–Crippen MR) is 64.9 cm³/mol. The Bertz CT molecular complexity index is 237. The minimum atomic E-state index is -0.479. The summed E-state index contributed by atoms with van der Waals surface area (Å²) in [5.41, 5.74) is -0.479. The molecule has 1 fully saturated rings. The third-order valence-electron chi connectivity index (χ3n) is 3.41. The molecule has 0 spiro atoms. The van der Waals surface area contributed by atoms with Crippen LogP contribution in [0.25, 0.3) is 0 Å². The second kappa shape index (κ2) is 6.88. The van der Waals surface area contributed by atoms with Gasteiger partial charge in [-0.3, -0.25) is 0 Å². The summed E-state index contributed by atoms with van der Waals surface area (Å²) in [5, 5.41) is 22.0. The van der Waals surface area contributed by atoms with Gasteiger partial charge in [-0.25, -0.2) is 0 Å². The average molecular weight is 224 g/mol. The Balaban J connectivity index is 2.09. The molecule has 1 aliphatic rings. The van der Waals surface area contributed by atoms with Crippen LogP contribution in [-0.2, 0) is 0 Å². The van der Waals surface area contributed by atoms with Crippen molar-refractivity contribution in [1.82, 2.24) is 5.32 Å². The fraction of sp³-hybridized carbons (Fsp3) is 0.923. The fourth-order valence-corrected chi connectivity index (χ4v) is 2.57. The normalized spacial score (nSPS) is 29.9. The maximum absolute atomic E-state index is 10.3. The van der Waals surface area contributed by atoms with Crippen LogP contribution in [-0.4, -0.2) is 23.8 Å². The monoisotopic (exact) mass is 224 g/mol. The van der Waals surface area contributed by atoms with Crippen LogP contribution in [0, 0.1) is 17.2 Å². The van der Waals surface area contributed by atoms with Crippen LogP contribution in [0.1, 0.15) is 51.9 Å². The van der Waals surface area contributed by atoms with E-state index in [4.69, 9.17) is 5.26 Å². The molecule has 1 saturated carbocycles. The zero-order valence-corrected chi connectivity index (χ0v) is 10.3. The number of nitrogens with zero attached hydrogens (tertiary/aromatic N) is 1. The number of unbranched alkanes of at least 4 members (excludes halogenated alkanes) is 2. The summed E-state index contributed by atoms with van der Waals surface area (Å²) < 4.78 is 0. The van der Waals surface area contributed by atoms with E-state index in [2.05, 4.69) is 18.3 Å². The van der Waals surface area contributed by atoms with E-state index in [1.54, 1.807) is 0 Å². The van der Waals surface area contributed by atoms with E-state index in [1.165, 1.54) is 6.42 Å². The fourth-order valence-electron chi connectivity index (χ4n) is 2.57. The highest BCUT2D eigenvalue weighted by Gasteiger charge is 2.31. The number of nitrogens with one attached hydrogen (secondary N) is 1. The molecule has 0 heterocycles. The minimum absolute atomic E-state index is 0.479. The molecule has 0 aromatic rings. The van der Waals surface area contributed by atoms with E-state index in [9.17, 15) is 5.11 Å². The van der Waals surface area contributed by atoms with Gasteiger partial charge >= 0.3 is 0 Å². The standard InChI is InChI=1S/C13H24N2O/c1-12-6-5-7-13(16,10-12)11-15-9-4-2-3-8-14/h12,15-16H,2-7,9-11H2,1H3. The lowest BCUT2D eigenvalue weighted by Gasteiger charge is -2.35. The third kappa shape index (κ3) is 4.96. The molecule has 0 aromatic carbocycles. The Hall–Kier alpha value is -0.590. The van der Waals surface area contributed by atoms with Gasteiger partial charge in [-0.05, 0) is 38.1 Å². The number of hydrogen-bond acceptors (Lipinski definition) is 3. The van der Waals surface area contributed by atoms with Gasteiger partial charge in [0.2, 0.25) is 0 Å². The lowest BCUT2D eigenvalue weighted by Crippen LogP contribution is -2.44. The average Bonchev–Trinajstić information content (AvgIpc) is 2.23. The Labute approximate surface area is 98.8 Å². The third-order valence-corrected chi connectivity index (χ3v) is 3.41. The highest BCUT2D eigenvalue weighted by atomic mass is 16.3. The molecule has 0 saturated heterocycles. The topological polar surface area (TPSA) is 56.0 Å². The van der Waals surface area contributed by atoms with Crippen molar-refractivity contribution in [1.29, 1.82) is 5.26 Å². The smallest absolute Gasteiger partial charge is 0.0774 e. The lowest BCUT2D eigenvalue weighted by atomic mass is 9.79. The van der Waals surface area contributed by atoms with Gasteiger partial charge in [-0.15, -0.1) is 0 Å². The number of rotatable bonds is 6. The molecule has 2 N–H and O–H groups in total. The molecule has 0 aliphatic heterocycles. The Morgan fingerprint density at radius 2 is 2.31 bits per heavy atom. The second-order valence-electron chi connectivity index (χ2n) is 5.22. The van der Waals surface area contributed by atoms with Gasteiger partial charge in [0.1, 0.15) is 0 Å². The van der Waals surface area contributed by atoms with Crippen LogP contribution in [0.3, 0.4) is 0 Å². The van der Waals surface area contributed by atoms with E-state index >= 15 is 0 Å². The highest BCUT2D eigenvalue weighted by Crippen LogP contribution is 2.31. The quantitative estimate of drug-likeness (QED) is 0.680. The number of nitriles is 1. The van der Waals surface area contributed by atoms with E-state index in [1.807, 2.05) is 0 Å². The molecule has 0 bridgehead atoms. The van der Waals surface area contributed by atoms with Crippen molar-refractivity contribution < 1.29 is 5.11 Å². The Kier molecular flexibility index (Phi) is 5.79. The van der Waals surface area contributed by atoms with Gasteiger partial charge in [0.15, 0.2) is 0 Å². The van der Waals surface area contributed by atoms with Gasteiger partial charge in [-0.2, -0.15) is 5.26 Å². The summed E-state index contributed by atoms with van der Waals surface area (Å²) in [5.74, 6) is 0.652. The van der Waals surface area contributed by atoms with Crippen LogP contribution >= 0.6 is 0 Å².